The van der Waals surface area contributed by atoms with E-state index in [0.717, 1.165) is 6.07 Å². The number of aliphatic hydroxyl groups is 1. The van der Waals surface area contributed by atoms with Crippen molar-refractivity contribution in [3.05, 3.63) is 33.6 Å². The largest absolute Gasteiger partial charge is 0.477 e. The molecule has 7 nitrogen and oxygen atoms in total. The Labute approximate surface area is 120 Å². The van der Waals surface area contributed by atoms with E-state index in [4.69, 9.17) is 10.2 Å². The van der Waals surface area contributed by atoms with Gasteiger partial charge in [-0.3, -0.25) is 10.1 Å². The summed E-state index contributed by atoms with van der Waals surface area (Å²) in [5.41, 5.74) is -1.37. The van der Waals surface area contributed by atoms with Crippen LogP contribution < -0.4 is 4.90 Å². The van der Waals surface area contributed by atoms with Gasteiger partial charge in [0.05, 0.1) is 16.7 Å². The van der Waals surface area contributed by atoms with Crippen LogP contribution in [0.2, 0.25) is 0 Å². The molecule has 8 heteroatoms. The summed E-state index contributed by atoms with van der Waals surface area (Å²) in [5.74, 6) is -2.35. The van der Waals surface area contributed by atoms with Crippen LogP contribution in [-0.4, -0.2) is 40.3 Å². The lowest BCUT2D eigenvalue weighted by atomic mass is 10.1. The Kier molecular flexibility index (Phi) is 5.60. The molecule has 0 fully saturated rings. The lowest BCUT2D eigenvalue weighted by molar-refractivity contribution is -0.385. The van der Waals surface area contributed by atoms with Crippen LogP contribution in [0.15, 0.2) is 12.1 Å². The van der Waals surface area contributed by atoms with Gasteiger partial charge in [0.2, 0.25) is 0 Å². The number of aliphatic hydroxyl groups excluding tert-OH is 1. The number of nitrogens with zero attached hydrogens (tertiary/aromatic N) is 2. The van der Waals surface area contributed by atoms with Crippen LogP contribution in [-0.2, 0) is 0 Å². The number of carboxylic acids is 1. The van der Waals surface area contributed by atoms with E-state index in [2.05, 4.69) is 0 Å². The van der Waals surface area contributed by atoms with Crippen LogP contribution in [0.5, 0.6) is 0 Å². The van der Waals surface area contributed by atoms with Crippen LogP contribution in [0.1, 0.15) is 30.6 Å². The monoisotopic (exact) mass is 300 g/mol. The Morgan fingerprint density at radius 2 is 2.10 bits per heavy atom. The third kappa shape index (κ3) is 3.88. The Morgan fingerprint density at radius 1 is 1.48 bits per heavy atom. The van der Waals surface area contributed by atoms with Gasteiger partial charge in [-0.1, -0.05) is 0 Å². The van der Waals surface area contributed by atoms with Gasteiger partial charge in [0.15, 0.2) is 5.82 Å². The predicted molar refractivity (Wildman–Crippen MR) is 74.2 cm³/mol. The summed E-state index contributed by atoms with van der Waals surface area (Å²) in [4.78, 5) is 22.5. The molecule has 21 heavy (non-hydrogen) atoms. The topological polar surface area (TPSA) is 104 Å². The quantitative estimate of drug-likeness (QED) is 0.590. The molecule has 116 valence electrons. The first kappa shape index (κ1) is 16.8. The average molecular weight is 300 g/mol. The zero-order valence-corrected chi connectivity index (χ0v) is 11.7. The van der Waals surface area contributed by atoms with Gasteiger partial charge in [0.25, 0.3) is 5.69 Å². The average Bonchev–Trinajstić information content (AvgIpc) is 2.39. The Bertz CT molecular complexity index is 548. The van der Waals surface area contributed by atoms with Gasteiger partial charge in [-0.25, -0.2) is 9.18 Å². The molecule has 0 unspecified atom stereocenters. The lowest BCUT2D eigenvalue weighted by Crippen LogP contribution is -2.33. The van der Waals surface area contributed by atoms with E-state index >= 15 is 0 Å². The zero-order chi connectivity index (χ0) is 16.2. The molecule has 0 spiro atoms. The number of carboxylic acid groups (broad SMARTS) is 1. The highest BCUT2D eigenvalue weighted by Gasteiger charge is 2.26. The Hall–Kier alpha value is -2.22. The van der Waals surface area contributed by atoms with Gasteiger partial charge in [0, 0.05) is 19.2 Å². The van der Waals surface area contributed by atoms with Crippen molar-refractivity contribution in [3.63, 3.8) is 0 Å². The molecular weight excluding hydrogens is 283 g/mol. The standard InChI is InChI=1S/C13H17FN2O5/c1-8(2)15(4-3-5-17)12-6-9(13(18)19)11(16(20)21)7-10(12)14/h6-8,17H,3-5H2,1-2H3,(H,18,19). The third-order valence-electron chi connectivity index (χ3n) is 2.98. The Morgan fingerprint density at radius 3 is 2.52 bits per heavy atom. The molecule has 0 heterocycles. The highest BCUT2D eigenvalue weighted by atomic mass is 19.1. The van der Waals surface area contributed by atoms with Crippen molar-refractivity contribution in [2.45, 2.75) is 26.3 Å². The van der Waals surface area contributed by atoms with E-state index < -0.39 is 28.0 Å². The molecule has 1 aromatic rings. The zero-order valence-electron chi connectivity index (χ0n) is 11.7. The minimum atomic E-state index is -1.49. The number of aromatic carboxylic acids is 1. The van der Waals surface area contributed by atoms with Crippen molar-refractivity contribution in [2.75, 3.05) is 18.1 Å². The van der Waals surface area contributed by atoms with Gasteiger partial charge >= 0.3 is 5.97 Å². The molecular formula is C13H17FN2O5. The van der Waals surface area contributed by atoms with Crippen molar-refractivity contribution in [2.24, 2.45) is 0 Å². The van der Waals surface area contributed by atoms with Crippen molar-refractivity contribution < 1.29 is 24.3 Å². The summed E-state index contributed by atoms with van der Waals surface area (Å²) in [5, 5.41) is 28.7. The number of nitro groups is 1. The summed E-state index contributed by atoms with van der Waals surface area (Å²) >= 11 is 0. The van der Waals surface area contributed by atoms with Crippen molar-refractivity contribution in [1.29, 1.82) is 0 Å². The van der Waals surface area contributed by atoms with Crippen LogP contribution in [0, 0.1) is 15.9 Å². The second-order valence-electron chi connectivity index (χ2n) is 4.75. The molecule has 0 aliphatic rings. The summed E-state index contributed by atoms with van der Waals surface area (Å²) in [6.07, 6.45) is 0.372. The summed E-state index contributed by atoms with van der Waals surface area (Å²) in [6, 6.07) is 1.43. The van der Waals surface area contributed by atoms with Crippen molar-refractivity contribution in [1.82, 2.24) is 0 Å². The van der Waals surface area contributed by atoms with Crippen LogP contribution in [0.4, 0.5) is 15.8 Å². The highest BCUT2D eigenvalue weighted by molar-refractivity contribution is 5.93. The molecule has 0 saturated heterocycles. The number of hydrogen-bond donors (Lipinski definition) is 2. The molecule has 0 radical (unpaired) electrons. The van der Waals surface area contributed by atoms with Crippen LogP contribution in [0.3, 0.4) is 0 Å². The maximum Gasteiger partial charge on any atom is 0.342 e. The smallest absolute Gasteiger partial charge is 0.342 e. The summed E-state index contributed by atoms with van der Waals surface area (Å²) in [6.45, 7) is 3.77. The van der Waals surface area contributed by atoms with Crippen LogP contribution >= 0.6 is 0 Å². The highest BCUT2D eigenvalue weighted by Crippen LogP contribution is 2.30. The molecule has 0 aromatic heterocycles. The number of halogens is 1. The minimum Gasteiger partial charge on any atom is -0.477 e. The molecule has 0 saturated carbocycles. The van der Waals surface area contributed by atoms with Crippen molar-refractivity contribution in [3.8, 4) is 0 Å². The van der Waals surface area contributed by atoms with E-state index in [1.165, 1.54) is 0 Å². The summed E-state index contributed by atoms with van der Waals surface area (Å²) in [7, 11) is 0. The fraction of sp³-hybridized carbons (Fsp3) is 0.462. The number of rotatable bonds is 7. The van der Waals surface area contributed by atoms with E-state index in [1.54, 1.807) is 18.7 Å². The molecule has 2 N–H and O–H groups in total. The molecule has 1 rings (SSSR count). The molecule has 0 bridgehead atoms. The van der Waals surface area contributed by atoms with Gasteiger partial charge in [0.1, 0.15) is 5.56 Å². The van der Waals surface area contributed by atoms with Crippen LogP contribution in [0.25, 0.3) is 0 Å². The number of anilines is 1. The number of hydrogen-bond acceptors (Lipinski definition) is 5. The molecule has 0 amide bonds. The fourth-order valence-corrected chi connectivity index (χ4v) is 1.99. The Balaban J connectivity index is 3.37. The minimum absolute atomic E-state index is 0.0264. The van der Waals surface area contributed by atoms with Gasteiger partial charge < -0.3 is 15.1 Å². The van der Waals surface area contributed by atoms with E-state index in [0.29, 0.717) is 19.0 Å². The molecule has 0 aliphatic heterocycles. The number of carbonyl (C=O) groups is 1. The lowest BCUT2D eigenvalue weighted by Gasteiger charge is -2.29. The molecule has 0 atom stereocenters. The second-order valence-corrected chi connectivity index (χ2v) is 4.75. The number of benzene rings is 1. The second kappa shape index (κ2) is 6.98. The molecule has 0 aliphatic carbocycles. The number of nitro benzene ring substituents is 1. The summed E-state index contributed by atoms with van der Waals surface area (Å²) < 4.78 is 14.1. The van der Waals surface area contributed by atoms with Gasteiger partial charge in [-0.15, -0.1) is 0 Å². The molecule has 1 aromatic carbocycles. The SMILES string of the molecule is CC(C)N(CCCO)c1cc(C(=O)O)c([N+](=O)[O-])cc1F. The fourth-order valence-electron chi connectivity index (χ4n) is 1.99. The normalized spacial score (nSPS) is 10.7. The predicted octanol–water partition coefficient (Wildman–Crippen LogP) is 2.03. The van der Waals surface area contributed by atoms with Gasteiger partial charge in [-0.2, -0.15) is 0 Å². The first-order valence-electron chi connectivity index (χ1n) is 6.38. The van der Waals surface area contributed by atoms with Crippen molar-refractivity contribution >= 4 is 17.3 Å². The first-order valence-corrected chi connectivity index (χ1v) is 6.38. The first-order chi connectivity index (χ1) is 9.79. The maximum atomic E-state index is 14.1. The third-order valence-corrected chi connectivity index (χ3v) is 2.98. The maximum absolute atomic E-state index is 14.1. The van der Waals surface area contributed by atoms with E-state index in [-0.39, 0.29) is 18.3 Å². The van der Waals surface area contributed by atoms with E-state index in [9.17, 15) is 19.3 Å². The van der Waals surface area contributed by atoms with Gasteiger partial charge in [-0.05, 0) is 26.3 Å². The van der Waals surface area contributed by atoms with E-state index in [1.807, 2.05) is 0 Å².